The Bertz CT molecular complexity index is 2180. The normalized spacial score (nSPS) is 15.5. The maximum Gasteiger partial charge on any atom is 0.0511 e. The van der Waals surface area contributed by atoms with E-state index in [2.05, 4.69) is 154 Å². The Labute approximate surface area is 260 Å². The van der Waals surface area contributed by atoms with Crippen LogP contribution in [0.4, 0.5) is 11.4 Å². The van der Waals surface area contributed by atoms with Crippen molar-refractivity contribution in [2.45, 2.75) is 44.9 Å². The number of hydrogen-bond acceptors (Lipinski definition) is 1. The molecule has 0 heterocycles. The lowest BCUT2D eigenvalue weighted by Crippen LogP contribution is -2.18. The number of benzene rings is 6. The first kappa shape index (κ1) is 25.6. The third-order valence-electron chi connectivity index (χ3n) is 10.7. The average Bonchev–Trinajstić information content (AvgIpc) is 3.62. The van der Waals surface area contributed by atoms with E-state index >= 15 is 0 Å². The maximum atomic E-state index is 4.10. The Morgan fingerprint density at radius 3 is 1.86 bits per heavy atom. The summed E-state index contributed by atoms with van der Waals surface area (Å²) in [5.41, 5.74) is 21.2. The van der Waals surface area contributed by atoms with Gasteiger partial charge in [0.25, 0.3) is 0 Å². The molecule has 0 saturated heterocycles. The summed E-state index contributed by atoms with van der Waals surface area (Å²) in [7, 11) is 0. The molecular formula is C43H35N. The zero-order valence-electron chi connectivity index (χ0n) is 25.8. The largest absolute Gasteiger partial charge is 0.354 e. The van der Waals surface area contributed by atoms with Crippen LogP contribution in [0.2, 0.25) is 0 Å². The van der Waals surface area contributed by atoms with E-state index in [0.29, 0.717) is 0 Å². The first-order valence-corrected chi connectivity index (χ1v) is 15.8. The van der Waals surface area contributed by atoms with Gasteiger partial charge in [-0.2, -0.15) is 0 Å². The highest BCUT2D eigenvalue weighted by molar-refractivity contribution is 5.96. The highest BCUT2D eigenvalue weighted by Crippen LogP contribution is 2.56. The first-order chi connectivity index (χ1) is 21.3. The van der Waals surface area contributed by atoms with E-state index in [1.807, 2.05) is 0 Å². The average molecular weight is 566 g/mol. The Morgan fingerprint density at radius 1 is 0.477 bits per heavy atom. The van der Waals surface area contributed by atoms with Crippen LogP contribution in [-0.2, 0) is 17.3 Å². The van der Waals surface area contributed by atoms with Crippen molar-refractivity contribution in [1.82, 2.24) is 0 Å². The quantitative estimate of drug-likeness (QED) is 0.225. The topological polar surface area (TPSA) is 12.0 Å². The molecule has 0 bridgehead atoms. The molecule has 1 N–H and O–H groups in total. The number of fused-ring (bicyclic) bond motifs is 9. The van der Waals surface area contributed by atoms with Crippen LogP contribution < -0.4 is 5.32 Å². The van der Waals surface area contributed by atoms with E-state index in [0.717, 1.165) is 6.42 Å². The minimum atomic E-state index is -0.141. The first-order valence-electron chi connectivity index (χ1n) is 15.8. The molecule has 9 rings (SSSR count). The van der Waals surface area contributed by atoms with Gasteiger partial charge in [-0.1, -0.05) is 137 Å². The molecular weight excluding hydrogens is 530 g/mol. The van der Waals surface area contributed by atoms with E-state index in [-0.39, 0.29) is 10.8 Å². The fraction of sp³-hybridized carbons (Fsp3) is 0.163. The van der Waals surface area contributed by atoms with E-state index in [9.17, 15) is 0 Å². The maximum absolute atomic E-state index is 4.10. The number of nitrogens with one attached hydrogen (secondary N) is 1. The molecule has 1 nitrogen and oxygen atoms in total. The second-order valence-corrected chi connectivity index (χ2v) is 13.8. The summed E-state index contributed by atoms with van der Waals surface area (Å²) in [6, 6.07) is 45.3. The van der Waals surface area contributed by atoms with E-state index < -0.39 is 0 Å². The Hall–Kier alpha value is -4.88. The highest BCUT2D eigenvalue weighted by Gasteiger charge is 2.39. The van der Waals surface area contributed by atoms with E-state index in [4.69, 9.17) is 0 Å². The number of hydrogen-bond donors (Lipinski definition) is 1. The third kappa shape index (κ3) is 3.36. The predicted molar refractivity (Wildman–Crippen MR) is 185 cm³/mol. The molecule has 1 heteroatoms. The van der Waals surface area contributed by atoms with Crippen molar-refractivity contribution >= 4 is 11.4 Å². The van der Waals surface area contributed by atoms with Gasteiger partial charge in [-0.15, -0.1) is 0 Å². The Morgan fingerprint density at radius 2 is 1.07 bits per heavy atom. The summed E-state index contributed by atoms with van der Waals surface area (Å²) in [6.07, 6.45) is 0.952. The zero-order chi connectivity index (χ0) is 29.8. The van der Waals surface area contributed by atoms with Crippen molar-refractivity contribution in [3.05, 3.63) is 155 Å². The molecule has 44 heavy (non-hydrogen) atoms. The molecule has 3 aliphatic carbocycles. The summed E-state index contributed by atoms with van der Waals surface area (Å²) in [5.74, 6) is 0. The molecule has 3 aliphatic rings. The molecule has 0 amide bonds. The Balaban J connectivity index is 1.26. The van der Waals surface area contributed by atoms with Crippen molar-refractivity contribution in [3.63, 3.8) is 0 Å². The van der Waals surface area contributed by atoms with Crippen LogP contribution in [0, 0.1) is 0 Å². The summed E-state index contributed by atoms with van der Waals surface area (Å²) >= 11 is 0. The predicted octanol–water partition coefficient (Wildman–Crippen LogP) is 11.3. The van der Waals surface area contributed by atoms with Gasteiger partial charge >= 0.3 is 0 Å². The van der Waals surface area contributed by atoms with Gasteiger partial charge in [0.05, 0.1) is 5.69 Å². The van der Waals surface area contributed by atoms with Crippen LogP contribution in [0.5, 0.6) is 0 Å². The van der Waals surface area contributed by atoms with E-state index in [1.54, 1.807) is 0 Å². The SMILES string of the molecule is CC1(C)c2ccccc2-c2ccc(-c3ccc4c(c3Nc3cccc5c3Cc3ccccc3-5)C(C)(C)c3ccccc3-4)cc21. The van der Waals surface area contributed by atoms with Crippen LogP contribution in [-0.4, -0.2) is 0 Å². The summed E-state index contributed by atoms with van der Waals surface area (Å²) in [5, 5.41) is 4.10. The number of anilines is 2. The van der Waals surface area contributed by atoms with Crippen LogP contribution in [0.3, 0.4) is 0 Å². The summed E-state index contributed by atoms with van der Waals surface area (Å²) in [4.78, 5) is 0. The lowest BCUT2D eigenvalue weighted by molar-refractivity contribution is 0.660. The molecule has 6 aromatic rings. The molecule has 0 radical (unpaired) electrons. The van der Waals surface area contributed by atoms with Crippen molar-refractivity contribution in [2.75, 3.05) is 5.32 Å². The fourth-order valence-electron chi connectivity index (χ4n) is 8.53. The summed E-state index contributed by atoms with van der Waals surface area (Å²) in [6.45, 7) is 9.52. The lowest BCUT2D eigenvalue weighted by atomic mass is 9.79. The molecule has 0 atom stereocenters. The van der Waals surface area contributed by atoms with Gasteiger partial charge in [-0.3, -0.25) is 0 Å². The smallest absolute Gasteiger partial charge is 0.0511 e. The molecule has 212 valence electrons. The van der Waals surface area contributed by atoms with Gasteiger partial charge in [0.2, 0.25) is 0 Å². The second-order valence-electron chi connectivity index (χ2n) is 13.8. The standard InChI is InChI=1S/C43H35N/c1-42(2)36-17-9-7-14-31(36)33-21-20-27(25-38(33)42)29-22-23-34-32-15-8-10-18-37(32)43(3,4)40(34)41(29)44-39-19-11-16-30-28-13-6-5-12-26(28)24-35(30)39/h5-23,25,44H,24H2,1-4H3. The molecule has 0 unspecified atom stereocenters. The fourth-order valence-corrected chi connectivity index (χ4v) is 8.53. The second kappa shape index (κ2) is 8.83. The molecule has 0 saturated carbocycles. The third-order valence-corrected chi connectivity index (χ3v) is 10.7. The molecule has 6 aromatic carbocycles. The van der Waals surface area contributed by atoms with Gasteiger partial charge in [0, 0.05) is 28.5 Å². The van der Waals surface area contributed by atoms with Crippen molar-refractivity contribution in [2.24, 2.45) is 0 Å². The monoisotopic (exact) mass is 565 g/mol. The minimum absolute atomic E-state index is 0.0478. The van der Waals surface area contributed by atoms with Crippen LogP contribution in [0.15, 0.2) is 121 Å². The van der Waals surface area contributed by atoms with Crippen LogP contribution in [0.25, 0.3) is 44.5 Å². The van der Waals surface area contributed by atoms with Crippen LogP contribution in [0.1, 0.15) is 61.1 Å². The minimum Gasteiger partial charge on any atom is -0.354 e. The highest BCUT2D eigenvalue weighted by atomic mass is 14.9. The van der Waals surface area contributed by atoms with Gasteiger partial charge in [0.15, 0.2) is 0 Å². The van der Waals surface area contributed by atoms with Crippen molar-refractivity contribution in [3.8, 4) is 44.5 Å². The molecule has 0 fully saturated rings. The molecule has 0 aliphatic heterocycles. The van der Waals surface area contributed by atoms with Gasteiger partial charge < -0.3 is 5.32 Å². The van der Waals surface area contributed by atoms with Gasteiger partial charge in [-0.25, -0.2) is 0 Å². The lowest BCUT2D eigenvalue weighted by Gasteiger charge is -2.28. The van der Waals surface area contributed by atoms with Crippen molar-refractivity contribution < 1.29 is 0 Å². The molecule has 0 spiro atoms. The van der Waals surface area contributed by atoms with Crippen LogP contribution >= 0.6 is 0 Å². The zero-order valence-corrected chi connectivity index (χ0v) is 25.8. The van der Waals surface area contributed by atoms with Gasteiger partial charge in [-0.05, 0) is 84.5 Å². The Kier molecular flexibility index (Phi) is 5.14. The summed E-state index contributed by atoms with van der Waals surface area (Å²) < 4.78 is 0. The van der Waals surface area contributed by atoms with Crippen molar-refractivity contribution in [1.29, 1.82) is 0 Å². The molecule has 0 aromatic heterocycles. The number of rotatable bonds is 3. The van der Waals surface area contributed by atoms with Gasteiger partial charge in [0.1, 0.15) is 0 Å². The van der Waals surface area contributed by atoms with E-state index in [1.165, 1.54) is 89.3 Å².